The number of benzene rings is 2. The van der Waals surface area contributed by atoms with Gasteiger partial charge in [0.05, 0.1) is 12.1 Å². The topological polar surface area (TPSA) is 99.8 Å². The third kappa shape index (κ3) is 4.84. The van der Waals surface area contributed by atoms with Crippen molar-refractivity contribution in [1.29, 1.82) is 0 Å². The Labute approximate surface area is 192 Å². The zero-order valence-corrected chi connectivity index (χ0v) is 19.1. The summed E-state index contributed by atoms with van der Waals surface area (Å²) >= 11 is 0. The van der Waals surface area contributed by atoms with Gasteiger partial charge in [0.15, 0.2) is 5.58 Å². The van der Waals surface area contributed by atoms with Crippen LogP contribution in [0.15, 0.2) is 51.7 Å². The Morgan fingerprint density at radius 3 is 2.73 bits per heavy atom. The number of likely N-dealkylation sites (N-methyl/N-ethyl adjacent to an activating group) is 1. The molecular formula is C24H29N5O4. The number of aryl methyl sites for hydroxylation is 1. The van der Waals surface area contributed by atoms with Crippen molar-refractivity contribution in [3.05, 3.63) is 64.1 Å². The molecule has 2 aromatic carbocycles. The van der Waals surface area contributed by atoms with Gasteiger partial charge in [0.2, 0.25) is 5.91 Å². The fraction of sp³-hybridized carbons (Fsp3) is 0.375. The Bertz CT molecular complexity index is 1230. The average Bonchev–Trinajstić information content (AvgIpc) is 3.13. The SMILES string of the molecule is CCn1c(=O)oc2cc(NC(=O)CN3CCN(C)[C@H](c4cccc(C(=O)NC)c4)C3)ccc21. The second kappa shape index (κ2) is 9.60. The highest BCUT2D eigenvalue weighted by atomic mass is 16.4. The van der Waals surface area contributed by atoms with E-state index in [2.05, 4.69) is 27.5 Å². The van der Waals surface area contributed by atoms with Crippen LogP contribution >= 0.6 is 0 Å². The molecule has 2 amide bonds. The molecular weight excluding hydrogens is 422 g/mol. The van der Waals surface area contributed by atoms with E-state index >= 15 is 0 Å². The van der Waals surface area contributed by atoms with Gasteiger partial charge in [-0.15, -0.1) is 0 Å². The van der Waals surface area contributed by atoms with E-state index in [-0.39, 0.29) is 24.4 Å². The first-order chi connectivity index (χ1) is 15.9. The highest BCUT2D eigenvalue weighted by Gasteiger charge is 2.27. The summed E-state index contributed by atoms with van der Waals surface area (Å²) in [5.74, 6) is -0.650. The minimum Gasteiger partial charge on any atom is -0.408 e. The van der Waals surface area contributed by atoms with Gasteiger partial charge in [0.25, 0.3) is 5.91 Å². The second-order valence-electron chi connectivity index (χ2n) is 8.28. The number of carbonyl (C=O) groups is 2. The lowest BCUT2D eigenvalue weighted by Gasteiger charge is -2.39. The molecule has 4 rings (SSSR count). The van der Waals surface area contributed by atoms with Gasteiger partial charge < -0.3 is 15.1 Å². The number of amides is 2. The van der Waals surface area contributed by atoms with Crippen LogP contribution in [0.25, 0.3) is 11.1 Å². The largest absolute Gasteiger partial charge is 0.419 e. The Kier molecular flexibility index (Phi) is 6.62. The van der Waals surface area contributed by atoms with E-state index in [1.807, 2.05) is 25.1 Å². The zero-order valence-electron chi connectivity index (χ0n) is 19.1. The van der Waals surface area contributed by atoms with Crippen LogP contribution in [0.4, 0.5) is 5.69 Å². The molecule has 1 fully saturated rings. The van der Waals surface area contributed by atoms with Gasteiger partial charge in [-0.3, -0.25) is 24.0 Å². The molecule has 2 heterocycles. The number of hydrogen-bond donors (Lipinski definition) is 2. The number of anilines is 1. The first kappa shape index (κ1) is 22.8. The second-order valence-corrected chi connectivity index (χ2v) is 8.28. The molecule has 0 bridgehead atoms. The highest BCUT2D eigenvalue weighted by Crippen LogP contribution is 2.25. The summed E-state index contributed by atoms with van der Waals surface area (Å²) in [5, 5.41) is 5.57. The number of carbonyl (C=O) groups excluding carboxylic acids is 2. The van der Waals surface area contributed by atoms with Crippen LogP contribution in [0.2, 0.25) is 0 Å². The van der Waals surface area contributed by atoms with E-state index in [0.29, 0.717) is 35.4 Å². The highest BCUT2D eigenvalue weighted by molar-refractivity contribution is 5.94. The standard InChI is InChI=1S/C24H29N5O4/c1-4-29-19-9-8-18(13-21(19)33-24(29)32)26-22(30)15-28-11-10-27(3)20(14-28)16-6-5-7-17(12-16)23(31)25-2/h5-9,12-13,20H,4,10-11,14-15H2,1-3H3,(H,25,31)(H,26,30)/t20-/m0/s1. The van der Waals surface area contributed by atoms with Crippen molar-refractivity contribution in [2.75, 3.05) is 45.6 Å². The minimum atomic E-state index is -0.403. The third-order valence-corrected chi connectivity index (χ3v) is 6.13. The monoisotopic (exact) mass is 451 g/mol. The first-order valence-corrected chi connectivity index (χ1v) is 11.1. The molecule has 1 saturated heterocycles. The van der Waals surface area contributed by atoms with Gasteiger partial charge >= 0.3 is 5.76 Å². The van der Waals surface area contributed by atoms with Gasteiger partial charge in [-0.2, -0.15) is 0 Å². The maximum Gasteiger partial charge on any atom is 0.419 e. The molecule has 2 N–H and O–H groups in total. The van der Waals surface area contributed by atoms with Crippen LogP contribution in [0.1, 0.15) is 28.9 Å². The maximum atomic E-state index is 12.7. The fourth-order valence-corrected chi connectivity index (χ4v) is 4.31. The fourth-order valence-electron chi connectivity index (χ4n) is 4.31. The Morgan fingerprint density at radius 2 is 1.97 bits per heavy atom. The number of oxazole rings is 1. The molecule has 9 nitrogen and oxygen atoms in total. The van der Waals surface area contributed by atoms with E-state index in [1.54, 1.807) is 35.9 Å². The van der Waals surface area contributed by atoms with Crippen molar-refractivity contribution in [3.8, 4) is 0 Å². The van der Waals surface area contributed by atoms with E-state index in [4.69, 9.17) is 4.42 Å². The van der Waals surface area contributed by atoms with Crippen molar-refractivity contribution in [2.24, 2.45) is 0 Å². The van der Waals surface area contributed by atoms with Crippen molar-refractivity contribution < 1.29 is 14.0 Å². The lowest BCUT2D eigenvalue weighted by molar-refractivity contribution is -0.118. The smallest absolute Gasteiger partial charge is 0.408 e. The summed E-state index contributed by atoms with van der Waals surface area (Å²) < 4.78 is 6.83. The molecule has 0 aliphatic carbocycles. The number of aromatic nitrogens is 1. The lowest BCUT2D eigenvalue weighted by Crippen LogP contribution is -2.48. The molecule has 0 spiro atoms. The van der Waals surface area contributed by atoms with Gasteiger partial charge in [0.1, 0.15) is 0 Å². The van der Waals surface area contributed by atoms with Gasteiger partial charge in [-0.25, -0.2) is 4.79 Å². The van der Waals surface area contributed by atoms with E-state index in [9.17, 15) is 14.4 Å². The van der Waals surface area contributed by atoms with Gasteiger partial charge in [-0.05, 0) is 43.8 Å². The molecule has 0 unspecified atom stereocenters. The van der Waals surface area contributed by atoms with E-state index in [1.165, 1.54) is 0 Å². The molecule has 1 aliphatic rings. The summed E-state index contributed by atoms with van der Waals surface area (Å²) in [7, 11) is 3.67. The zero-order chi connectivity index (χ0) is 23.5. The van der Waals surface area contributed by atoms with Gasteiger partial charge in [0, 0.05) is 56.6 Å². The van der Waals surface area contributed by atoms with E-state index in [0.717, 1.165) is 18.7 Å². The number of nitrogens with one attached hydrogen (secondary N) is 2. The van der Waals surface area contributed by atoms with Gasteiger partial charge in [-0.1, -0.05) is 12.1 Å². The molecule has 9 heteroatoms. The lowest BCUT2D eigenvalue weighted by atomic mass is 10.00. The normalized spacial score (nSPS) is 17.2. The Hall–Kier alpha value is -3.43. The molecule has 174 valence electrons. The van der Waals surface area contributed by atoms with Crippen LogP contribution in [0, 0.1) is 0 Å². The van der Waals surface area contributed by atoms with Crippen LogP contribution in [0.3, 0.4) is 0 Å². The number of fused-ring (bicyclic) bond motifs is 1. The minimum absolute atomic E-state index is 0.0792. The third-order valence-electron chi connectivity index (χ3n) is 6.13. The van der Waals surface area contributed by atoms with Crippen LogP contribution in [-0.2, 0) is 11.3 Å². The maximum absolute atomic E-state index is 12.7. The van der Waals surface area contributed by atoms with E-state index < -0.39 is 5.76 Å². The van der Waals surface area contributed by atoms with Crippen LogP contribution in [-0.4, -0.2) is 66.5 Å². The van der Waals surface area contributed by atoms with Crippen LogP contribution < -0.4 is 16.4 Å². The molecule has 33 heavy (non-hydrogen) atoms. The first-order valence-electron chi connectivity index (χ1n) is 11.1. The summed E-state index contributed by atoms with van der Waals surface area (Å²) in [6.07, 6.45) is 0. The molecule has 1 atom stereocenters. The Balaban J connectivity index is 1.43. The molecule has 3 aromatic rings. The Morgan fingerprint density at radius 1 is 1.15 bits per heavy atom. The molecule has 1 aliphatic heterocycles. The van der Waals surface area contributed by atoms with Crippen molar-refractivity contribution in [3.63, 3.8) is 0 Å². The van der Waals surface area contributed by atoms with Crippen molar-refractivity contribution in [2.45, 2.75) is 19.5 Å². The number of rotatable bonds is 6. The summed E-state index contributed by atoms with van der Waals surface area (Å²) in [5.41, 5.74) is 3.42. The quantitative estimate of drug-likeness (QED) is 0.594. The number of nitrogens with zero attached hydrogens (tertiary/aromatic N) is 3. The van der Waals surface area contributed by atoms with Crippen molar-refractivity contribution in [1.82, 2.24) is 19.7 Å². The summed E-state index contributed by atoms with van der Waals surface area (Å²) in [6.45, 7) is 4.90. The molecule has 0 radical (unpaired) electrons. The van der Waals surface area contributed by atoms with Crippen molar-refractivity contribution >= 4 is 28.6 Å². The summed E-state index contributed by atoms with van der Waals surface area (Å²) in [4.78, 5) is 41.0. The molecule has 1 aromatic heterocycles. The predicted molar refractivity (Wildman–Crippen MR) is 126 cm³/mol. The number of hydrogen-bond acceptors (Lipinski definition) is 6. The van der Waals surface area contributed by atoms with Crippen LogP contribution in [0.5, 0.6) is 0 Å². The molecule has 0 saturated carbocycles. The number of piperazine rings is 1. The average molecular weight is 452 g/mol. The summed E-state index contributed by atoms with van der Waals surface area (Å²) in [6, 6.07) is 12.9. The predicted octanol–water partition coefficient (Wildman–Crippen LogP) is 1.90.